The first-order chi connectivity index (χ1) is 8.22. The summed E-state index contributed by atoms with van der Waals surface area (Å²) in [5, 5.41) is 8.88. The molecular weight excluding hydrogens is 216 g/mol. The van der Waals surface area contributed by atoms with Crippen LogP contribution in [0.1, 0.15) is 5.56 Å². The van der Waals surface area contributed by atoms with Crippen LogP contribution in [0.4, 0.5) is 5.69 Å². The molecule has 1 aromatic carbocycles. The van der Waals surface area contributed by atoms with Crippen molar-refractivity contribution in [3.63, 3.8) is 0 Å². The van der Waals surface area contributed by atoms with Gasteiger partial charge >= 0.3 is 0 Å². The number of hydrogen-bond acceptors (Lipinski definition) is 3. The van der Waals surface area contributed by atoms with E-state index in [-0.39, 0.29) is 11.1 Å². The summed E-state index contributed by atoms with van der Waals surface area (Å²) in [5.74, 6) is 0. The predicted molar refractivity (Wildman–Crippen MR) is 64.7 cm³/mol. The number of aromatic amines is 1. The van der Waals surface area contributed by atoms with Gasteiger partial charge in [-0.2, -0.15) is 5.26 Å². The van der Waals surface area contributed by atoms with Gasteiger partial charge in [-0.25, -0.2) is 0 Å². The number of pyridine rings is 1. The van der Waals surface area contributed by atoms with Crippen LogP contribution in [0.5, 0.6) is 0 Å². The largest absolute Gasteiger partial charge is 0.396 e. The Kier molecular flexibility index (Phi) is 1.74. The second-order valence-corrected chi connectivity index (χ2v) is 3.76. The van der Waals surface area contributed by atoms with E-state index >= 15 is 0 Å². The number of anilines is 1. The minimum atomic E-state index is -0.353. The van der Waals surface area contributed by atoms with Crippen LogP contribution in [0.15, 0.2) is 35.1 Å². The molecule has 0 spiro atoms. The topological polar surface area (TPSA) is 87.1 Å². The average Bonchev–Trinajstić information content (AvgIpc) is 2.73. The van der Waals surface area contributed by atoms with Gasteiger partial charge in [-0.05, 0) is 18.2 Å². The highest BCUT2D eigenvalue weighted by Crippen LogP contribution is 2.19. The summed E-state index contributed by atoms with van der Waals surface area (Å²) in [5.41, 5.74) is 7.96. The molecule has 3 aromatic rings. The van der Waals surface area contributed by atoms with E-state index in [1.54, 1.807) is 6.07 Å². The Morgan fingerprint density at radius 2 is 2.12 bits per heavy atom. The van der Waals surface area contributed by atoms with Crippen molar-refractivity contribution in [2.75, 3.05) is 5.73 Å². The highest BCUT2D eigenvalue weighted by atomic mass is 16.1. The third kappa shape index (κ3) is 1.15. The summed E-state index contributed by atoms with van der Waals surface area (Å²) in [6.45, 7) is 0. The molecule has 0 aliphatic rings. The van der Waals surface area contributed by atoms with E-state index in [2.05, 4.69) is 4.98 Å². The summed E-state index contributed by atoms with van der Waals surface area (Å²) >= 11 is 0. The van der Waals surface area contributed by atoms with Crippen molar-refractivity contribution in [2.24, 2.45) is 0 Å². The lowest BCUT2D eigenvalue weighted by Crippen LogP contribution is -2.16. The zero-order valence-electron chi connectivity index (χ0n) is 8.77. The monoisotopic (exact) mass is 224 g/mol. The number of hydrogen-bond donors (Lipinski definition) is 2. The Labute approximate surface area is 95.7 Å². The lowest BCUT2D eigenvalue weighted by molar-refractivity contribution is 1.14. The summed E-state index contributed by atoms with van der Waals surface area (Å²) in [7, 11) is 0. The Balaban J connectivity index is 2.69. The van der Waals surface area contributed by atoms with Gasteiger partial charge in [-0.3, -0.25) is 9.20 Å². The predicted octanol–water partition coefficient (Wildman–Crippen LogP) is 1.23. The fourth-order valence-corrected chi connectivity index (χ4v) is 1.98. The molecule has 3 rings (SSSR count). The molecule has 0 aliphatic carbocycles. The molecule has 0 saturated carbocycles. The van der Waals surface area contributed by atoms with Crippen molar-refractivity contribution >= 4 is 22.4 Å². The first-order valence-corrected chi connectivity index (χ1v) is 5.04. The minimum Gasteiger partial charge on any atom is -0.396 e. The van der Waals surface area contributed by atoms with Crippen LogP contribution >= 0.6 is 0 Å². The van der Waals surface area contributed by atoms with E-state index in [0.717, 1.165) is 11.0 Å². The number of rotatable bonds is 0. The number of nitrogens with one attached hydrogen (secondary N) is 1. The maximum absolute atomic E-state index is 12.1. The normalized spacial score (nSPS) is 10.8. The zero-order valence-corrected chi connectivity index (χ0v) is 8.77. The number of imidazole rings is 1. The molecule has 0 radical (unpaired) electrons. The fraction of sp³-hybridized carbons (Fsp3) is 0. The van der Waals surface area contributed by atoms with Gasteiger partial charge in [0.25, 0.3) is 5.56 Å². The lowest BCUT2D eigenvalue weighted by atomic mass is 10.2. The molecular formula is C12H8N4O. The maximum atomic E-state index is 12.1. The van der Waals surface area contributed by atoms with Crippen LogP contribution < -0.4 is 11.3 Å². The van der Waals surface area contributed by atoms with E-state index in [9.17, 15) is 4.79 Å². The molecule has 0 atom stereocenters. The smallest absolute Gasteiger partial charge is 0.274 e. The number of nitrogens with zero attached hydrogens (tertiary/aromatic N) is 2. The number of fused-ring (bicyclic) bond motifs is 3. The Hall–Kier alpha value is -2.74. The van der Waals surface area contributed by atoms with Crippen LogP contribution in [0.2, 0.25) is 0 Å². The van der Waals surface area contributed by atoms with Gasteiger partial charge in [-0.15, -0.1) is 0 Å². The van der Waals surface area contributed by atoms with E-state index in [0.29, 0.717) is 11.3 Å². The van der Waals surface area contributed by atoms with Crippen LogP contribution in [0.3, 0.4) is 0 Å². The van der Waals surface area contributed by atoms with Crippen molar-refractivity contribution in [2.45, 2.75) is 0 Å². The summed E-state index contributed by atoms with van der Waals surface area (Å²) in [4.78, 5) is 15.1. The van der Waals surface area contributed by atoms with Crippen LogP contribution in [0, 0.1) is 11.3 Å². The van der Waals surface area contributed by atoms with Crippen LogP contribution in [-0.2, 0) is 0 Å². The summed E-state index contributed by atoms with van der Waals surface area (Å²) in [6, 6.07) is 10.6. The number of para-hydroxylation sites is 2. The van der Waals surface area contributed by atoms with Gasteiger partial charge in [0.05, 0.1) is 16.7 Å². The van der Waals surface area contributed by atoms with Crippen LogP contribution in [-0.4, -0.2) is 9.38 Å². The number of nitrogens with two attached hydrogens (primary N) is 1. The molecule has 2 heterocycles. The first kappa shape index (κ1) is 9.48. The van der Waals surface area contributed by atoms with Gasteiger partial charge in [0.15, 0.2) is 0 Å². The number of benzene rings is 1. The molecule has 0 unspecified atom stereocenters. The Morgan fingerprint density at radius 1 is 1.35 bits per heavy atom. The summed E-state index contributed by atoms with van der Waals surface area (Å²) < 4.78 is 1.43. The molecule has 0 amide bonds. The number of aromatic nitrogens is 2. The molecule has 82 valence electrons. The van der Waals surface area contributed by atoms with Crippen molar-refractivity contribution < 1.29 is 0 Å². The highest BCUT2D eigenvalue weighted by molar-refractivity contribution is 5.84. The Morgan fingerprint density at radius 3 is 2.88 bits per heavy atom. The second kappa shape index (κ2) is 3.12. The van der Waals surface area contributed by atoms with E-state index in [1.807, 2.05) is 24.3 Å². The number of nitrogen functional groups attached to an aromatic ring is 1. The third-order valence-corrected chi connectivity index (χ3v) is 2.75. The molecule has 5 heteroatoms. The van der Waals surface area contributed by atoms with Gasteiger partial charge in [0, 0.05) is 0 Å². The average molecular weight is 224 g/mol. The second-order valence-electron chi connectivity index (χ2n) is 3.76. The molecule has 0 aliphatic heterocycles. The SMILES string of the molecule is N#Cc1cc(N)c2[nH]c3ccccc3n2c1=O. The molecule has 2 aromatic heterocycles. The van der Waals surface area contributed by atoms with Gasteiger partial charge in [-0.1, -0.05) is 12.1 Å². The quantitative estimate of drug-likeness (QED) is 0.602. The lowest BCUT2D eigenvalue weighted by Gasteiger charge is -1.98. The number of nitriles is 1. The summed E-state index contributed by atoms with van der Waals surface area (Å²) in [6.07, 6.45) is 0. The van der Waals surface area contributed by atoms with Crippen molar-refractivity contribution in [1.82, 2.24) is 9.38 Å². The molecule has 0 fully saturated rings. The Bertz CT molecular complexity index is 835. The number of H-pyrrole nitrogens is 1. The van der Waals surface area contributed by atoms with E-state index in [1.165, 1.54) is 10.5 Å². The molecule has 17 heavy (non-hydrogen) atoms. The van der Waals surface area contributed by atoms with Crippen LogP contribution in [0.25, 0.3) is 16.7 Å². The molecule has 0 saturated heterocycles. The van der Waals surface area contributed by atoms with Crippen molar-refractivity contribution in [3.05, 3.63) is 46.2 Å². The van der Waals surface area contributed by atoms with Gasteiger partial charge < -0.3 is 10.7 Å². The zero-order chi connectivity index (χ0) is 12.0. The van der Waals surface area contributed by atoms with Crippen molar-refractivity contribution in [1.29, 1.82) is 5.26 Å². The fourth-order valence-electron chi connectivity index (χ4n) is 1.98. The minimum absolute atomic E-state index is 0.0461. The van der Waals surface area contributed by atoms with E-state index < -0.39 is 0 Å². The molecule has 0 bridgehead atoms. The maximum Gasteiger partial charge on any atom is 0.274 e. The van der Waals surface area contributed by atoms with Crippen molar-refractivity contribution in [3.8, 4) is 6.07 Å². The molecule has 5 nitrogen and oxygen atoms in total. The van der Waals surface area contributed by atoms with Gasteiger partial charge in [0.2, 0.25) is 0 Å². The van der Waals surface area contributed by atoms with Gasteiger partial charge in [0.1, 0.15) is 17.3 Å². The first-order valence-electron chi connectivity index (χ1n) is 5.04. The third-order valence-electron chi connectivity index (χ3n) is 2.75. The van der Waals surface area contributed by atoms with E-state index in [4.69, 9.17) is 11.0 Å². The molecule has 3 N–H and O–H groups in total. The standard InChI is InChI=1S/C12H8N4O/c13-6-7-5-8(14)11-15-9-3-1-2-4-10(9)16(11)12(7)17/h1-5,15H,14H2. The highest BCUT2D eigenvalue weighted by Gasteiger charge is 2.11.